The normalized spacial score (nSPS) is 11.7. The number of carbonyl (C=O) groups excluding carboxylic acids is 1. The second-order valence-corrected chi connectivity index (χ2v) is 5.19. The van der Waals surface area contributed by atoms with Gasteiger partial charge in [0.25, 0.3) is 5.91 Å². The SMILES string of the molecule is NCc1cc(NC(=O)c2cc3ncccc3[nH]2)cc(C(F)(F)F)c1. The number of aromatic amines is 1. The summed E-state index contributed by atoms with van der Waals surface area (Å²) in [4.78, 5) is 19.2. The first kappa shape index (κ1) is 16.0. The van der Waals surface area contributed by atoms with Gasteiger partial charge < -0.3 is 16.0 Å². The highest BCUT2D eigenvalue weighted by Gasteiger charge is 2.31. The highest BCUT2D eigenvalue weighted by atomic mass is 19.4. The molecular weight excluding hydrogens is 321 g/mol. The second-order valence-electron chi connectivity index (χ2n) is 5.19. The maximum absolute atomic E-state index is 12.9. The van der Waals surface area contributed by atoms with E-state index < -0.39 is 17.6 Å². The number of aromatic nitrogens is 2. The van der Waals surface area contributed by atoms with Gasteiger partial charge in [-0.25, -0.2) is 0 Å². The molecule has 0 unspecified atom stereocenters. The third-order valence-electron chi connectivity index (χ3n) is 3.45. The first-order valence-corrected chi connectivity index (χ1v) is 7.03. The van der Waals surface area contributed by atoms with Crippen LogP contribution in [0, 0.1) is 0 Å². The third kappa shape index (κ3) is 3.23. The number of nitrogens with zero attached hydrogens (tertiary/aromatic N) is 1. The van der Waals surface area contributed by atoms with Crippen LogP contribution in [0.3, 0.4) is 0 Å². The van der Waals surface area contributed by atoms with E-state index in [9.17, 15) is 18.0 Å². The highest BCUT2D eigenvalue weighted by molar-refractivity contribution is 6.05. The third-order valence-corrected chi connectivity index (χ3v) is 3.45. The van der Waals surface area contributed by atoms with Gasteiger partial charge >= 0.3 is 6.18 Å². The molecule has 0 aliphatic rings. The summed E-state index contributed by atoms with van der Waals surface area (Å²) in [5.74, 6) is -0.560. The molecule has 4 N–H and O–H groups in total. The number of rotatable bonds is 3. The van der Waals surface area contributed by atoms with Gasteiger partial charge in [0.2, 0.25) is 0 Å². The summed E-state index contributed by atoms with van der Waals surface area (Å²) in [5, 5.41) is 2.45. The van der Waals surface area contributed by atoms with Crippen LogP contribution < -0.4 is 11.1 Å². The summed E-state index contributed by atoms with van der Waals surface area (Å²) >= 11 is 0. The molecule has 0 saturated carbocycles. The Morgan fingerprint density at radius 2 is 2.04 bits per heavy atom. The standard InChI is InChI=1S/C16H13F3N4O/c17-16(18,19)10-4-9(8-20)5-11(6-10)22-15(24)14-7-13-12(23-14)2-1-3-21-13/h1-7,23H,8,20H2,(H,22,24). The molecule has 0 fully saturated rings. The molecule has 0 bridgehead atoms. The Morgan fingerprint density at radius 3 is 2.71 bits per heavy atom. The zero-order chi connectivity index (χ0) is 17.3. The minimum absolute atomic E-state index is 0.0295. The van der Waals surface area contributed by atoms with Crippen LogP contribution >= 0.6 is 0 Å². The first-order chi connectivity index (χ1) is 11.4. The molecule has 8 heteroatoms. The Balaban J connectivity index is 1.90. The number of hydrogen-bond donors (Lipinski definition) is 3. The van der Waals surface area contributed by atoms with Gasteiger partial charge in [0.05, 0.1) is 16.6 Å². The lowest BCUT2D eigenvalue weighted by Crippen LogP contribution is -2.14. The highest BCUT2D eigenvalue weighted by Crippen LogP contribution is 2.32. The minimum atomic E-state index is -4.52. The molecule has 124 valence electrons. The topological polar surface area (TPSA) is 83.8 Å². The van der Waals surface area contributed by atoms with Crippen LogP contribution in [-0.4, -0.2) is 15.9 Å². The minimum Gasteiger partial charge on any atom is -0.349 e. The van der Waals surface area contributed by atoms with Crippen molar-refractivity contribution in [1.29, 1.82) is 0 Å². The van der Waals surface area contributed by atoms with Gasteiger partial charge in [0.1, 0.15) is 5.69 Å². The van der Waals surface area contributed by atoms with E-state index in [1.54, 1.807) is 18.3 Å². The van der Waals surface area contributed by atoms with Crippen molar-refractivity contribution in [3.63, 3.8) is 0 Å². The zero-order valence-electron chi connectivity index (χ0n) is 12.3. The smallest absolute Gasteiger partial charge is 0.349 e. The average molecular weight is 334 g/mol. The van der Waals surface area contributed by atoms with Crippen LogP contribution in [0.15, 0.2) is 42.6 Å². The molecule has 0 aliphatic heterocycles. The van der Waals surface area contributed by atoms with Crippen molar-refractivity contribution in [2.75, 3.05) is 5.32 Å². The number of nitrogens with one attached hydrogen (secondary N) is 2. The lowest BCUT2D eigenvalue weighted by molar-refractivity contribution is -0.137. The van der Waals surface area contributed by atoms with E-state index in [1.165, 1.54) is 12.1 Å². The van der Waals surface area contributed by atoms with Crippen molar-refractivity contribution in [1.82, 2.24) is 9.97 Å². The largest absolute Gasteiger partial charge is 0.416 e. The molecule has 3 aromatic rings. The van der Waals surface area contributed by atoms with Crippen molar-refractivity contribution in [3.05, 3.63) is 59.4 Å². The number of pyridine rings is 1. The molecule has 0 aliphatic carbocycles. The summed E-state index contributed by atoms with van der Waals surface area (Å²) in [7, 11) is 0. The molecular formula is C16H13F3N4O. The van der Waals surface area contributed by atoms with Gasteiger partial charge in [-0.05, 0) is 42.0 Å². The summed E-state index contributed by atoms with van der Waals surface area (Å²) in [5.41, 5.74) is 6.33. The van der Waals surface area contributed by atoms with E-state index in [2.05, 4.69) is 15.3 Å². The molecule has 0 radical (unpaired) electrons. The number of fused-ring (bicyclic) bond motifs is 1. The summed E-state index contributed by atoms with van der Waals surface area (Å²) in [6.07, 6.45) is -2.94. The fraction of sp³-hybridized carbons (Fsp3) is 0.125. The number of alkyl halides is 3. The predicted molar refractivity (Wildman–Crippen MR) is 83.4 cm³/mol. The van der Waals surface area contributed by atoms with Gasteiger partial charge in [0, 0.05) is 18.4 Å². The second kappa shape index (κ2) is 5.97. The number of nitrogens with two attached hydrogens (primary N) is 1. The van der Waals surface area contributed by atoms with E-state index in [0.29, 0.717) is 11.0 Å². The van der Waals surface area contributed by atoms with Gasteiger partial charge in [-0.1, -0.05) is 0 Å². The molecule has 1 aromatic carbocycles. The average Bonchev–Trinajstić information content (AvgIpc) is 2.98. The molecule has 0 spiro atoms. The lowest BCUT2D eigenvalue weighted by atomic mass is 10.1. The number of hydrogen-bond acceptors (Lipinski definition) is 3. The Hall–Kier alpha value is -2.87. The van der Waals surface area contributed by atoms with Crippen LogP contribution in [0.5, 0.6) is 0 Å². The molecule has 2 heterocycles. The Kier molecular flexibility index (Phi) is 3.98. The molecule has 3 rings (SSSR count). The number of benzene rings is 1. The predicted octanol–water partition coefficient (Wildman–Crippen LogP) is 3.29. The van der Waals surface area contributed by atoms with Gasteiger partial charge in [-0.2, -0.15) is 13.2 Å². The van der Waals surface area contributed by atoms with Crippen molar-refractivity contribution in [3.8, 4) is 0 Å². The number of carbonyl (C=O) groups is 1. The number of halogens is 3. The van der Waals surface area contributed by atoms with Crippen molar-refractivity contribution in [2.24, 2.45) is 5.73 Å². The van der Waals surface area contributed by atoms with Crippen LogP contribution in [0.25, 0.3) is 11.0 Å². The lowest BCUT2D eigenvalue weighted by Gasteiger charge is -2.12. The van der Waals surface area contributed by atoms with Crippen LogP contribution in [0.4, 0.5) is 18.9 Å². The summed E-state index contributed by atoms with van der Waals surface area (Å²) < 4.78 is 38.7. The number of amides is 1. The number of anilines is 1. The van der Waals surface area contributed by atoms with E-state index in [0.717, 1.165) is 12.1 Å². The zero-order valence-corrected chi connectivity index (χ0v) is 12.3. The Labute approximate surface area is 134 Å². The fourth-order valence-electron chi connectivity index (χ4n) is 2.32. The molecule has 0 saturated heterocycles. The summed E-state index contributed by atoms with van der Waals surface area (Å²) in [6.45, 7) is -0.0664. The Morgan fingerprint density at radius 1 is 1.25 bits per heavy atom. The van der Waals surface area contributed by atoms with Crippen LogP contribution in [0.1, 0.15) is 21.6 Å². The van der Waals surface area contributed by atoms with Gasteiger partial charge in [0.15, 0.2) is 0 Å². The van der Waals surface area contributed by atoms with E-state index >= 15 is 0 Å². The van der Waals surface area contributed by atoms with E-state index in [1.807, 2.05) is 0 Å². The number of H-pyrrole nitrogens is 1. The van der Waals surface area contributed by atoms with E-state index in [4.69, 9.17) is 5.73 Å². The van der Waals surface area contributed by atoms with Crippen molar-refractivity contribution in [2.45, 2.75) is 12.7 Å². The Bertz CT molecular complexity index is 869. The van der Waals surface area contributed by atoms with Crippen LogP contribution in [0.2, 0.25) is 0 Å². The molecule has 2 aromatic heterocycles. The molecule has 0 atom stereocenters. The van der Waals surface area contributed by atoms with Gasteiger partial charge in [-0.3, -0.25) is 9.78 Å². The van der Waals surface area contributed by atoms with Crippen molar-refractivity contribution >= 4 is 22.6 Å². The van der Waals surface area contributed by atoms with E-state index in [-0.39, 0.29) is 23.5 Å². The fourth-order valence-corrected chi connectivity index (χ4v) is 2.32. The van der Waals surface area contributed by atoms with Crippen LogP contribution in [-0.2, 0) is 12.7 Å². The maximum Gasteiger partial charge on any atom is 0.416 e. The molecule has 1 amide bonds. The molecule has 5 nitrogen and oxygen atoms in total. The van der Waals surface area contributed by atoms with Gasteiger partial charge in [-0.15, -0.1) is 0 Å². The van der Waals surface area contributed by atoms with Crippen molar-refractivity contribution < 1.29 is 18.0 Å². The molecule has 24 heavy (non-hydrogen) atoms. The first-order valence-electron chi connectivity index (χ1n) is 7.03. The quantitative estimate of drug-likeness (QED) is 0.687. The maximum atomic E-state index is 12.9. The monoisotopic (exact) mass is 334 g/mol. The summed E-state index contributed by atoms with van der Waals surface area (Å²) in [6, 6.07) is 8.23.